The first-order chi connectivity index (χ1) is 10.5. The summed E-state index contributed by atoms with van der Waals surface area (Å²) < 4.78 is 1.71. The molecule has 0 unspecified atom stereocenters. The summed E-state index contributed by atoms with van der Waals surface area (Å²) in [5.74, 6) is -0.813. The Morgan fingerprint density at radius 2 is 1.91 bits per heavy atom. The molecule has 0 aliphatic heterocycles. The minimum Gasteiger partial charge on any atom is -0.478 e. The van der Waals surface area contributed by atoms with Gasteiger partial charge in [-0.15, -0.1) is 0 Å². The lowest BCUT2D eigenvalue weighted by molar-refractivity contribution is 0.0698. The first kappa shape index (κ1) is 14.3. The van der Waals surface area contributed by atoms with Gasteiger partial charge in [0.05, 0.1) is 22.3 Å². The van der Waals surface area contributed by atoms with Crippen LogP contribution in [0.25, 0.3) is 16.7 Å². The second-order valence-corrected chi connectivity index (χ2v) is 5.59. The number of nitrogens with zero attached hydrogens (tertiary/aromatic N) is 3. The SMILES string of the molecule is Cc1nn(-c2ccccc2)c2nc(C(C)C)cc(C(=O)O)c12. The lowest BCUT2D eigenvalue weighted by Gasteiger charge is -2.08. The fourth-order valence-electron chi connectivity index (χ4n) is 2.52. The van der Waals surface area contributed by atoms with Gasteiger partial charge in [-0.05, 0) is 31.0 Å². The molecule has 0 radical (unpaired) electrons. The number of hydrogen-bond donors (Lipinski definition) is 1. The average Bonchev–Trinajstić information content (AvgIpc) is 2.84. The number of hydrogen-bond acceptors (Lipinski definition) is 3. The highest BCUT2D eigenvalue weighted by Crippen LogP contribution is 2.27. The quantitative estimate of drug-likeness (QED) is 0.802. The second kappa shape index (κ2) is 5.26. The van der Waals surface area contributed by atoms with Crippen molar-refractivity contribution in [2.45, 2.75) is 26.7 Å². The van der Waals surface area contributed by atoms with Crippen molar-refractivity contribution in [2.75, 3.05) is 0 Å². The number of aromatic carboxylic acids is 1. The number of carboxylic acid groups (broad SMARTS) is 1. The first-order valence-corrected chi connectivity index (χ1v) is 7.18. The van der Waals surface area contributed by atoms with E-state index >= 15 is 0 Å². The highest BCUT2D eigenvalue weighted by Gasteiger charge is 2.20. The molecular weight excluding hydrogens is 278 g/mol. The molecule has 1 aromatic carbocycles. The fourth-order valence-corrected chi connectivity index (χ4v) is 2.52. The molecule has 0 aliphatic rings. The summed E-state index contributed by atoms with van der Waals surface area (Å²) >= 11 is 0. The molecule has 5 nitrogen and oxygen atoms in total. The van der Waals surface area contributed by atoms with Gasteiger partial charge in [0.15, 0.2) is 5.65 Å². The van der Waals surface area contributed by atoms with Crippen molar-refractivity contribution in [3.05, 3.63) is 53.3 Å². The van der Waals surface area contributed by atoms with E-state index in [2.05, 4.69) is 10.1 Å². The van der Waals surface area contributed by atoms with Crippen molar-refractivity contribution in [1.82, 2.24) is 14.8 Å². The zero-order valence-electron chi connectivity index (χ0n) is 12.7. The van der Waals surface area contributed by atoms with E-state index in [9.17, 15) is 9.90 Å². The summed E-state index contributed by atoms with van der Waals surface area (Å²) in [5.41, 5.74) is 3.13. The largest absolute Gasteiger partial charge is 0.478 e. The van der Waals surface area contributed by atoms with E-state index < -0.39 is 5.97 Å². The van der Waals surface area contributed by atoms with Crippen LogP contribution in [0.1, 0.15) is 41.5 Å². The van der Waals surface area contributed by atoms with E-state index in [1.54, 1.807) is 10.7 Å². The van der Waals surface area contributed by atoms with Gasteiger partial charge in [-0.3, -0.25) is 0 Å². The van der Waals surface area contributed by atoms with Crippen LogP contribution in [-0.4, -0.2) is 25.8 Å². The Labute approximate surface area is 128 Å². The van der Waals surface area contributed by atoms with Crippen molar-refractivity contribution in [3.63, 3.8) is 0 Å². The van der Waals surface area contributed by atoms with Gasteiger partial charge in [0.25, 0.3) is 0 Å². The summed E-state index contributed by atoms with van der Waals surface area (Å²) in [4.78, 5) is 16.3. The van der Waals surface area contributed by atoms with Gasteiger partial charge >= 0.3 is 5.97 Å². The van der Waals surface area contributed by atoms with Crippen molar-refractivity contribution in [1.29, 1.82) is 0 Å². The Balaban J connectivity index is 2.39. The van der Waals surface area contributed by atoms with Crippen molar-refractivity contribution in [2.24, 2.45) is 0 Å². The molecule has 0 fully saturated rings. The minimum absolute atomic E-state index is 0.141. The number of benzene rings is 1. The molecule has 3 aromatic rings. The molecule has 0 bridgehead atoms. The molecular formula is C17H17N3O2. The maximum Gasteiger partial charge on any atom is 0.336 e. The van der Waals surface area contributed by atoms with E-state index in [-0.39, 0.29) is 11.5 Å². The third-order valence-corrected chi connectivity index (χ3v) is 3.66. The van der Waals surface area contributed by atoms with Crippen LogP contribution in [0.5, 0.6) is 0 Å². The maximum absolute atomic E-state index is 11.6. The standard InChI is InChI=1S/C17H17N3O2/c1-10(2)14-9-13(17(21)22)15-11(3)19-20(16(15)18-14)12-7-5-4-6-8-12/h4-10H,1-3H3,(H,21,22). The van der Waals surface area contributed by atoms with Crippen LogP contribution in [-0.2, 0) is 0 Å². The zero-order valence-corrected chi connectivity index (χ0v) is 12.7. The van der Waals surface area contributed by atoms with Crippen LogP contribution in [0.3, 0.4) is 0 Å². The Morgan fingerprint density at radius 3 is 2.50 bits per heavy atom. The van der Waals surface area contributed by atoms with Crippen molar-refractivity contribution >= 4 is 17.0 Å². The highest BCUT2D eigenvalue weighted by atomic mass is 16.4. The van der Waals surface area contributed by atoms with Gasteiger partial charge in [-0.2, -0.15) is 5.10 Å². The molecule has 1 N–H and O–H groups in total. The van der Waals surface area contributed by atoms with Crippen molar-refractivity contribution < 1.29 is 9.90 Å². The Hall–Kier alpha value is -2.69. The van der Waals surface area contributed by atoms with Gasteiger partial charge in [0, 0.05) is 5.69 Å². The lowest BCUT2D eigenvalue weighted by atomic mass is 10.0. The number of fused-ring (bicyclic) bond motifs is 1. The number of carbonyl (C=O) groups is 1. The van der Waals surface area contributed by atoms with Gasteiger partial charge in [0.2, 0.25) is 0 Å². The Morgan fingerprint density at radius 1 is 1.23 bits per heavy atom. The molecule has 2 aromatic heterocycles. The normalized spacial score (nSPS) is 11.3. The van der Waals surface area contributed by atoms with Gasteiger partial charge < -0.3 is 5.11 Å². The summed E-state index contributed by atoms with van der Waals surface area (Å²) in [6.07, 6.45) is 0. The van der Waals surface area contributed by atoms with Gasteiger partial charge in [-0.1, -0.05) is 32.0 Å². The summed E-state index contributed by atoms with van der Waals surface area (Å²) in [6.45, 7) is 5.80. The summed E-state index contributed by atoms with van der Waals surface area (Å²) in [6, 6.07) is 11.3. The van der Waals surface area contributed by atoms with Crippen LogP contribution in [0.15, 0.2) is 36.4 Å². The topological polar surface area (TPSA) is 68.0 Å². The summed E-state index contributed by atoms with van der Waals surface area (Å²) in [5, 5.41) is 14.6. The Kier molecular flexibility index (Phi) is 3.41. The number of pyridine rings is 1. The highest BCUT2D eigenvalue weighted by molar-refractivity contribution is 6.03. The van der Waals surface area contributed by atoms with E-state index in [0.717, 1.165) is 11.4 Å². The number of aromatic nitrogens is 3. The molecule has 2 heterocycles. The fraction of sp³-hybridized carbons (Fsp3) is 0.235. The van der Waals surface area contributed by atoms with E-state index in [4.69, 9.17) is 0 Å². The molecule has 0 amide bonds. The molecule has 0 aliphatic carbocycles. The van der Waals surface area contributed by atoms with E-state index in [1.165, 1.54) is 0 Å². The van der Waals surface area contributed by atoms with E-state index in [0.29, 0.717) is 16.7 Å². The van der Waals surface area contributed by atoms with Crippen molar-refractivity contribution in [3.8, 4) is 5.69 Å². The number of rotatable bonds is 3. The molecule has 0 saturated carbocycles. The molecule has 0 saturated heterocycles. The average molecular weight is 295 g/mol. The van der Waals surface area contributed by atoms with Crippen LogP contribution in [0.4, 0.5) is 0 Å². The molecule has 22 heavy (non-hydrogen) atoms. The third kappa shape index (κ3) is 2.24. The molecule has 3 rings (SSSR count). The molecule has 112 valence electrons. The maximum atomic E-state index is 11.6. The minimum atomic E-state index is -0.954. The molecule has 0 spiro atoms. The zero-order chi connectivity index (χ0) is 15.9. The van der Waals surface area contributed by atoms with Gasteiger partial charge in [0.1, 0.15) is 0 Å². The predicted molar refractivity (Wildman–Crippen MR) is 84.7 cm³/mol. The number of aryl methyl sites for hydroxylation is 1. The lowest BCUT2D eigenvalue weighted by Crippen LogP contribution is -2.05. The van der Waals surface area contributed by atoms with Gasteiger partial charge in [-0.25, -0.2) is 14.5 Å². The van der Waals surface area contributed by atoms with E-state index in [1.807, 2.05) is 51.1 Å². The smallest absolute Gasteiger partial charge is 0.336 e. The molecule has 5 heteroatoms. The van der Waals surface area contributed by atoms with Crippen LogP contribution in [0, 0.1) is 6.92 Å². The summed E-state index contributed by atoms with van der Waals surface area (Å²) in [7, 11) is 0. The Bertz CT molecular complexity index is 851. The number of carboxylic acids is 1. The number of para-hydroxylation sites is 1. The second-order valence-electron chi connectivity index (χ2n) is 5.59. The molecule has 0 atom stereocenters. The van der Waals surface area contributed by atoms with Crippen LogP contribution >= 0.6 is 0 Å². The van der Waals surface area contributed by atoms with Crippen LogP contribution < -0.4 is 0 Å². The van der Waals surface area contributed by atoms with Crippen LogP contribution in [0.2, 0.25) is 0 Å². The first-order valence-electron chi connectivity index (χ1n) is 7.18. The third-order valence-electron chi connectivity index (χ3n) is 3.66. The predicted octanol–water partition coefficient (Wildman–Crippen LogP) is 3.55. The monoisotopic (exact) mass is 295 g/mol.